The first-order chi connectivity index (χ1) is 19.4. The minimum Gasteiger partial charge on any atom is -0.323 e. The Labute approximate surface area is 235 Å². The predicted molar refractivity (Wildman–Crippen MR) is 153 cm³/mol. The lowest BCUT2D eigenvalue weighted by molar-refractivity contribution is -0.137. The molecule has 4 rings (SSSR count). The average molecular weight is 564 g/mol. The van der Waals surface area contributed by atoms with Crippen molar-refractivity contribution in [3.63, 3.8) is 0 Å². The molecule has 1 aliphatic heterocycles. The van der Waals surface area contributed by atoms with E-state index in [1.807, 2.05) is 20.8 Å². The number of nitrogens with one attached hydrogen (secondary N) is 2. The molecule has 12 heteroatoms. The molecule has 9 nitrogen and oxygen atoms in total. The highest BCUT2D eigenvalue weighted by atomic mass is 19.4. The van der Waals surface area contributed by atoms with Gasteiger partial charge in [-0.25, -0.2) is 9.78 Å². The van der Waals surface area contributed by atoms with Gasteiger partial charge in [-0.15, -0.1) is 0 Å². The Bertz CT molecular complexity index is 1570. The van der Waals surface area contributed by atoms with Crippen LogP contribution in [0.3, 0.4) is 0 Å². The van der Waals surface area contributed by atoms with Crippen molar-refractivity contribution in [2.75, 3.05) is 27.5 Å². The number of nitrogens with zero attached hydrogens (tertiary/aromatic N) is 5. The van der Waals surface area contributed by atoms with Crippen molar-refractivity contribution in [2.45, 2.75) is 33.0 Å². The molecule has 3 aromatic rings. The summed E-state index contributed by atoms with van der Waals surface area (Å²) >= 11 is 0. The normalized spacial score (nSPS) is 15.6. The van der Waals surface area contributed by atoms with Crippen LogP contribution < -0.4 is 20.4 Å². The van der Waals surface area contributed by atoms with Crippen molar-refractivity contribution >= 4 is 41.3 Å². The number of anilines is 4. The van der Waals surface area contributed by atoms with Crippen LogP contribution >= 0.6 is 0 Å². The number of amides is 3. The average Bonchev–Trinajstić information content (AvgIpc) is 2.95. The number of urea groups is 1. The first-order valence-electron chi connectivity index (χ1n) is 12.5. The van der Waals surface area contributed by atoms with Crippen LogP contribution in [0.4, 0.5) is 41.1 Å². The van der Waals surface area contributed by atoms with Crippen molar-refractivity contribution < 1.29 is 22.8 Å². The highest BCUT2D eigenvalue weighted by molar-refractivity contribution is 6.08. The quantitative estimate of drug-likeness (QED) is 0.311. The van der Waals surface area contributed by atoms with Crippen LogP contribution in [0.5, 0.6) is 0 Å². The van der Waals surface area contributed by atoms with E-state index in [-0.39, 0.29) is 17.5 Å². The van der Waals surface area contributed by atoms with Crippen molar-refractivity contribution in [1.82, 2.24) is 9.97 Å². The number of hydrogen-bond donors (Lipinski definition) is 2. The van der Waals surface area contributed by atoms with Gasteiger partial charge in [-0.05, 0) is 56.7 Å². The maximum absolute atomic E-state index is 13.6. The Hall–Kier alpha value is -5.00. The zero-order valence-electron chi connectivity index (χ0n) is 22.8. The number of halogens is 3. The lowest BCUT2D eigenvalue weighted by Gasteiger charge is -2.39. The Morgan fingerprint density at radius 2 is 1.93 bits per heavy atom. The third-order valence-electron chi connectivity index (χ3n) is 6.51. The van der Waals surface area contributed by atoms with Gasteiger partial charge in [-0.2, -0.15) is 18.2 Å². The lowest BCUT2D eigenvalue weighted by atomic mass is 10.0. The first kappa shape index (κ1) is 29.0. The van der Waals surface area contributed by atoms with E-state index in [0.717, 1.165) is 17.7 Å². The van der Waals surface area contributed by atoms with Crippen LogP contribution in [-0.4, -0.2) is 35.2 Å². The molecule has 1 atom stereocenters. The number of aryl methyl sites for hydroxylation is 1. The second kappa shape index (κ2) is 11.6. The summed E-state index contributed by atoms with van der Waals surface area (Å²) in [7, 11) is 1.60. The fraction of sp³-hybridized carbons (Fsp3) is 0.207. The molecule has 2 aromatic carbocycles. The largest absolute Gasteiger partial charge is 0.416 e. The molecule has 2 N–H and O–H groups in total. The summed E-state index contributed by atoms with van der Waals surface area (Å²) in [5.74, 6) is 0.000568. The van der Waals surface area contributed by atoms with E-state index in [2.05, 4.69) is 32.2 Å². The summed E-state index contributed by atoms with van der Waals surface area (Å²) in [6, 6.07) is 8.29. The third kappa shape index (κ3) is 6.11. The van der Waals surface area contributed by atoms with Crippen LogP contribution in [0.15, 0.2) is 78.2 Å². The van der Waals surface area contributed by atoms with Crippen LogP contribution in [0, 0.1) is 6.92 Å². The standard InChI is InChI=1S/C29H28F3N7O2/c1-6-21(15-33-7-2)36-27-34-16-23-18(4)39(28(41)38(5)25(23)37-27)24-14-22(12-11-17(24)3)35-26(40)19-9-8-10-20(13-19)29(30,31)32/h6-16,18H,2H2,1,3-5H3,(H,35,40)(H,34,36,37)/b21-6+,33-15?. The smallest absolute Gasteiger partial charge is 0.323 e. The summed E-state index contributed by atoms with van der Waals surface area (Å²) in [5, 5.41) is 5.69. The Kier molecular flexibility index (Phi) is 8.22. The number of alkyl halides is 3. The molecule has 2 heterocycles. The van der Waals surface area contributed by atoms with Crippen LogP contribution in [0.2, 0.25) is 0 Å². The number of benzene rings is 2. The van der Waals surface area contributed by atoms with Gasteiger partial charge in [0.05, 0.1) is 23.0 Å². The SMILES string of the molecule is C=CN=C/C(=C\C)Nc1ncc2c(n1)N(C)C(=O)N(c1cc(NC(=O)c3cccc(C(F)(F)F)c3)ccc1C)C2C. The van der Waals surface area contributed by atoms with Gasteiger partial charge in [-0.1, -0.05) is 24.8 Å². The van der Waals surface area contributed by atoms with Crippen LogP contribution in [0.25, 0.3) is 0 Å². The summed E-state index contributed by atoms with van der Waals surface area (Å²) in [5.41, 5.74) is 1.85. The summed E-state index contributed by atoms with van der Waals surface area (Å²) < 4.78 is 39.3. The molecule has 0 spiro atoms. The molecule has 0 aliphatic carbocycles. The molecule has 1 unspecified atom stereocenters. The zero-order valence-corrected chi connectivity index (χ0v) is 22.8. The second-order valence-electron chi connectivity index (χ2n) is 9.22. The van der Waals surface area contributed by atoms with Crippen LogP contribution in [-0.2, 0) is 6.18 Å². The molecule has 41 heavy (non-hydrogen) atoms. The minimum absolute atomic E-state index is 0.142. The number of carbonyl (C=O) groups excluding carboxylic acids is 2. The summed E-state index contributed by atoms with van der Waals surface area (Å²) in [4.78, 5) is 42.3. The monoisotopic (exact) mass is 563 g/mol. The molecule has 0 radical (unpaired) electrons. The van der Waals surface area contributed by atoms with Gasteiger partial charge in [0.1, 0.15) is 5.82 Å². The van der Waals surface area contributed by atoms with E-state index in [9.17, 15) is 22.8 Å². The Morgan fingerprint density at radius 3 is 2.61 bits per heavy atom. The predicted octanol–water partition coefficient (Wildman–Crippen LogP) is 6.72. The molecule has 3 amide bonds. The van der Waals surface area contributed by atoms with E-state index >= 15 is 0 Å². The van der Waals surface area contributed by atoms with Gasteiger partial charge in [0.25, 0.3) is 5.91 Å². The van der Waals surface area contributed by atoms with E-state index < -0.39 is 23.7 Å². The summed E-state index contributed by atoms with van der Waals surface area (Å²) in [6.45, 7) is 9.02. The van der Waals surface area contributed by atoms with Crippen molar-refractivity contribution in [1.29, 1.82) is 0 Å². The summed E-state index contributed by atoms with van der Waals surface area (Å²) in [6.07, 6.45) is 1.82. The number of fused-ring (bicyclic) bond motifs is 1. The van der Waals surface area contributed by atoms with E-state index in [4.69, 9.17) is 0 Å². The van der Waals surface area contributed by atoms with E-state index in [0.29, 0.717) is 28.5 Å². The minimum atomic E-state index is -4.57. The number of allylic oxidation sites excluding steroid dienone is 2. The van der Waals surface area contributed by atoms with Gasteiger partial charge >= 0.3 is 12.2 Å². The zero-order chi connectivity index (χ0) is 29.9. The molecule has 0 saturated heterocycles. The van der Waals surface area contributed by atoms with Crippen molar-refractivity contribution in [3.8, 4) is 0 Å². The third-order valence-corrected chi connectivity index (χ3v) is 6.51. The molecule has 1 aromatic heterocycles. The first-order valence-corrected chi connectivity index (χ1v) is 12.5. The maximum atomic E-state index is 13.6. The molecular weight excluding hydrogens is 535 g/mol. The number of carbonyl (C=O) groups is 2. The Morgan fingerprint density at radius 1 is 1.17 bits per heavy atom. The van der Waals surface area contributed by atoms with Gasteiger partial charge in [0.2, 0.25) is 5.95 Å². The molecule has 212 valence electrons. The van der Waals surface area contributed by atoms with E-state index in [1.165, 1.54) is 23.2 Å². The van der Waals surface area contributed by atoms with Crippen molar-refractivity contribution in [2.24, 2.45) is 4.99 Å². The topological polar surface area (TPSA) is 103 Å². The van der Waals surface area contributed by atoms with Crippen molar-refractivity contribution in [3.05, 3.63) is 95.5 Å². The number of hydrogen-bond acceptors (Lipinski definition) is 6. The van der Waals surface area contributed by atoms with Gasteiger partial charge in [0, 0.05) is 42.5 Å². The van der Waals surface area contributed by atoms with Crippen LogP contribution in [0.1, 0.15) is 46.9 Å². The highest BCUT2D eigenvalue weighted by Crippen LogP contribution is 2.40. The molecule has 0 bridgehead atoms. The molecule has 0 fully saturated rings. The molecule has 0 saturated carbocycles. The number of rotatable bonds is 7. The second-order valence-corrected chi connectivity index (χ2v) is 9.22. The lowest BCUT2D eigenvalue weighted by Crippen LogP contribution is -2.48. The number of aromatic nitrogens is 2. The van der Waals surface area contributed by atoms with Gasteiger partial charge < -0.3 is 10.6 Å². The fourth-order valence-electron chi connectivity index (χ4n) is 4.30. The molecular formula is C29H28F3N7O2. The molecule has 1 aliphatic rings. The van der Waals surface area contributed by atoms with Gasteiger partial charge in [0.15, 0.2) is 0 Å². The fourth-order valence-corrected chi connectivity index (χ4v) is 4.30. The number of aliphatic imine (C=N–C) groups is 1. The maximum Gasteiger partial charge on any atom is 0.416 e. The van der Waals surface area contributed by atoms with Gasteiger partial charge in [-0.3, -0.25) is 19.6 Å². The van der Waals surface area contributed by atoms with E-state index in [1.54, 1.807) is 48.6 Å². The Balaban J connectivity index is 1.62. The highest BCUT2D eigenvalue weighted by Gasteiger charge is 2.37.